The van der Waals surface area contributed by atoms with Gasteiger partial charge in [-0.05, 0) is 26.7 Å². The number of anilines is 2. The van der Waals surface area contributed by atoms with E-state index in [1.165, 1.54) is 0 Å². The summed E-state index contributed by atoms with van der Waals surface area (Å²) < 4.78 is 10.8. The predicted octanol–water partition coefficient (Wildman–Crippen LogP) is 1.93. The molecule has 0 amide bonds. The second-order valence-electron chi connectivity index (χ2n) is 5.18. The maximum absolute atomic E-state index is 5.42. The summed E-state index contributed by atoms with van der Waals surface area (Å²) in [6.45, 7) is 9.11. The first-order valence-corrected chi connectivity index (χ1v) is 7.70. The van der Waals surface area contributed by atoms with Crippen LogP contribution in [0.1, 0.15) is 33.6 Å². The zero-order chi connectivity index (χ0) is 15.1. The Morgan fingerprint density at radius 1 is 1.29 bits per heavy atom. The van der Waals surface area contributed by atoms with Crippen molar-refractivity contribution in [2.24, 2.45) is 5.92 Å². The predicted molar refractivity (Wildman–Crippen MR) is 81.8 cm³/mol. The van der Waals surface area contributed by atoms with Gasteiger partial charge >= 0.3 is 6.01 Å². The summed E-state index contributed by atoms with van der Waals surface area (Å²) in [5.41, 5.74) is 0. The van der Waals surface area contributed by atoms with Crippen molar-refractivity contribution >= 4 is 11.9 Å². The van der Waals surface area contributed by atoms with Crippen molar-refractivity contribution < 1.29 is 9.47 Å². The Kier molecular flexibility index (Phi) is 5.98. The second kappa shape index (κ2) is 7.97. The number of nitrogens with one attached hydrogen (secondary N) is 2. The van der Waals surface area contributed by atoms with Crippen molar-refractivity contribution in [2.45, 2.75) is 39.7 Å². The first-order valence-electron chi connectivity index (χ1n) is 7.70. The summed E-state index contributed by atoms with van der Waals surface area (Å²) in [5.74, 6) is 1.59. The second-order valence-corrected chi connectivity index (χ2v) is 5.18. The zero-order valence-electron chi connectivity index (χ0n) is 13.1. The fourth-order valence-electron chi connectivity index (χ4n) is 2.20. The average Bonchev–Trinajstić information content (AvgIpc) is 2.99. The quantitative estimate of drug-likeness (QED) is 0.758. The number of hydrogen-bond acceptors (Lipinski definition) is 7. The highest BCUT2D eigenvalue weighted by molar-refractivity contribution is 5.36. The lowest BCUT2D eigenvalue weighted by Crippen LogP contribution is -2.27. The average molecular weight is 295 g/mol. The molecule has 1 aliphatic heterocycles. The number of ether oxygens (including phenoxy) is 2. The van der Waals surface area contributed by atoms with Gasteiger partial charge in [0.05, 0.1) is 13.2 Å². The van der Waals surface area contributed by atoms with Gasteiger partial charge in [0.25, 0.3) is 0 Å². The van der Waals surface area contributed by atoms with Crippen LogP contribution in [-0.4, -0.2) is 47.4 Å². The Morgan fingerprint density at radius 3 is 2.76 bits per heavy atom. The summed E-state index contributed by atoms with van der Waals surface area (Å²) in [7, 11) is 0. The lowest BCUT2D eigenvalue weighted by Gasteiger charge is -2.19. The van der Waals surface area contributed by atoms with Gasteiger partial charge in [-0.25, -0.2) is 0 Å². The molecule has 0 saturated carbocycles. The van der Waals surface area contributed by atoms with Crippen LogP contribution in [-0.2, 0) is 4.74 Å². The molecule has 2 unspecified atom stereocenters. The van der Waals surface area contributed by atoms with Crippen LogP contribution < -0.4 is 15.4 Å². The fourth-order valence-corrected chi connectivity index (χ4v) is 2.20. The number of hydrogen-bond donors (Lipinski definition) is 2. The fraction of sp³-hybridized carbons (Fsp3) is 0.786. The summed E-state index contributed by atoms with van der Waals surface area (Å²) >= 11 is 0. The Bertz CT molecular complexity index is 437. The third kappa shape index (κ3) is 4.70. The van der Waals surface area contributed by atoms with E-state index in [-0.39, 0.29) is 6.04 Å². The first-order chi connectivity index (χ1) is 10.2. The van der Waals surface area contributed by atoms with Gasteiger partial charge in [-0.2, -0.15) is 15.0 Å². The molecule has 2 atom stereocenters. The monoisotopic (exact) mass is 295 g/mol. The Hall–Kier alpha value is -1.63. The highest BCUT2D eigenvalue weighted by Crippen LogP contribution is 2.20. The molecule has 118 valence electrons. The molecule has 0 spiro atoms. The van der Waals surface area contributed by atoms with E-state index in [2.05, 4.69) is 39.4 Å². The minimum Gasteiger partial charge on any atom is -0.464 e. The molecule has 1 aromatic rings. The molecule has 0 bridgehead atoms. The van der Waals surface area contributed by atoms with E-state index in [0.29, 0.717) is 30.4 Å². The molecule has 2 N–H and O–H groups in total. The van der Waals surface area contributed by atoms with E-state index in [1.807, 2.05) is 6.92 Å². The standard InChI is InChI=1S/C14H25N5O2/c1-4-7-15-12-17-13(19-14(18-12)21-5-2)16-10(3)11-6-8-20-9-11/h10-11H,4-9H2,1-3H3,(H2,15,16,17,18,19). The SMILES string of the molecule is CCCNc1nc(NC(C)C2CCOC2)nc(OCC)n1. The van der Waals surface area contributed by atoms with E-state index in [9.17, 15) is 0 Å². The molecule has 0 aromatic carbocycles. The van der Waals surface area contributed by atoms with Gasteiger partial charge in [0, 0.05) is 25.1 Å². The molecule has 1 saturated heterocycles. The van der Waals surface area contributed by atoms with E-state index in [4.69, 9.17) is 9.47 Å². The minimum atomic E-state index is 0.253. The van der Waals surface area contributed by atoms with E-state index >= 15 is 0 Å². The molecule has 2 heterocycles. The highest BCUT2D eigenvalue weighted by atomic mass is 16.5. The van der Waals surface area contributed by atoms with E-state index in [0.717, 1.165) is 32.6 Å². The topological polar surface area (TPSA) is 81.2 Å². The van der Waals surface area contributed by atoms with Crippen LogP contribution in [0.5, 0.6) is 6.01 Å². The van der Waals surface area contributed by atoms with Crippen LogP contribution >= 0.6 is 0 Å². The lowest BCUT2D eigenvalue weighted by molar-refractivity contribution is 0.183. The maximum Gasteiger partial charge on any atom is 0.323 e. The van der Waals surface area contributed by atoms with Crippen molar-refractivity contribution in [1.82, 2.24) is 15.0 Å². The number of rotatable bonds is 8. The molecular formula is C14H25N5O2. The van der Waals surface area contributed by atoms with Gasteiger partial charge in [0.2, 0.25) is 11.9 Å². The molecule has 1 fully saturated rings. The molecule has 7 heteroatoms. The van der Waals surface area contributed by atoms with Crippen LogP contribution in [0.25, 0.3) is 0 Å². The van der Waals surface area contributed by atoms with Crippen molar-refractivity contribution in [3.63, 3.8) is 0 Å². The minimum absolute atomic E-state index is 0.253. The third-order valence-electron chi connectivity index (χ3n) is 3.45. The Labute approximate surface area is 125 Å². The van der Waals surface area contributed by atoms with Gasteiger partial charge in [-0.3, -0.25) is 0 Å². The molecule has 1 aromatic heterocycles. The van der Waals surface area contributed by atoms with Crippen molar-refractivity contribution in [1.29, 1.82) is 0 Å². The largest absolute Gasteiger partial charge is 0.464 e. The number of nitrogens with zero attached hydrogens (tertiary/aromatic N) is 3. The third-order valence-corrected chi connectivity index (χ3v) is 3.45. The summed E-state index contributed by atoms with van der Waals surface area (Å²) in [6.07, 6.45) is 2.08. The van der Waals surface area contributed by atoms with Crippen LogP contribution in [0, 0.1) is 5.92 Å². The maximum atomic E-state index is 5.42. The summed E-state index contributed by atoms with van der Waals surface area (Å²) in [5, 5.41) is 6.51. The van der Waals surface area contributed by atoms with Crippen LogP contribution in [0.4, 0.5) is 11.9 Å². The molecule has 1 aliphatic rings. The molecule has 0 radical (unpaired) electrons. The highest BCUT2D eigenvalue weighted by Gasteiger charge is 2.23. The van der Waals surface area contributed by atoms with Gasteiger partial charge in [-0.1, -0.05) is 6.92 Å². The smallest absolute Gasteiger partial charge is 0.323 e. The van der Waals surface area contributed by atoms with Gasteiger partial charge < -0.3 is 20.1 Å². The van der Waals surface area contributed by atoms with Crippen LogP contribution in [0.3, 0.4) is 0 Å². The normalized spacial score (nSPS) is 19.3. The Morgan fingerprint density at radius 2 is 2.10 bits per heavy atom. The number of aromatic nitrogens is 3. The van der Waals surface area contributed by atoms with Crippen LogP contribution in [0.15, 0.2) is 0 Å². The van der Waals surface area contributed by atoms with Gasteiger partial charge in [0.15, 0.2) is 0 Å². The van der Waals surface area contributed by atoms with Crippen molar-refractivity contribution in [3.8, 4) is 6.01 Å². The summed E-state index contributed by atoms with van der Waals surface area (Å²) in [6, 6.07) is 0.604. The van der Waals surface area contributed by atoms with Crippen molar-refractivity contribution in [3.05, 3.63) is 0 Å². The van der Waals surface area contributed by atoms with E-state index < -0.39 is 0 Å². The van der Waals surface area contributed by atoms with Crippen molar-refractivity contribution in [2.75, 3.05) is 37.0 Å². The van der Waals surface area contributed by atoms with Gasteiger partial charge in [-0.15, -0.1) is 0 Å². The molecule has 0 aliphatic carbocycles. The first kappa shape index (κ1) is 15.8. The van der Waals surface area contributed by atoms with Crippen LogP contribution in [0.2, 0.25) is 0 Å². The molecule has 21 heavy (non-hydrogen) atoms. The molecular weight excluding hydrogens is 270 g/mol. The Balaban J connectivity index is 2.06. The zero-order valence-corrected chi connectivity index (χ0v) is 13.1. The molecule has 2 rings (SSSR count). The van der Waals surface area contributed by atoms with E-state index in [1.54, 1.807) is 0 Å². The molecule has 7 nitrogen and oxygen atoms in total. The lowest BCUT2D eigenvalue weighted by atomic mass is 10.0. The van der Waals surface area contributed by atoms with Gasteiger partial charge in [0.1, 0.15) is 0 Å². The summed E-state index contributed by atoms with van der Waals surface area (Å²) in [4.78, 5) is 13.0.